The Morgan fingerprint density at radius 1 is 1.21 bits per heavy atom. The van der Waals surface area contributed by atoms with E-state index in [4.69, 9.17) is 10.5 Å². The van der Waals surface area contributed by atoms with Gasteiger partial charge in [-0.15, -0.1) is 0 Å². The lowest BCUT2D eigenvalue weighted by Crippen LogP contribution is -2.12. The first-order chi connectivity index (χ1) is 11.5. The second-order valence-electron chi connectivity index (χ2n) is 5.27. The largest absolute Gasteiger partial charge is 0.493 e. The van der Waals surface area contributed by atoms with Gasteiger partial charge in [0.25, 0.3) is 10.0 Å². The second-order valence-corrected chi connectivity index (χ2v) is 7.09. The molecule has 0 aliphatic carbocycles. The summed E-state index contributed by atoms with van der Waals surface area (Å²) < 4.78 is 46.2. The smallest absolute Gasteiger partial charge is 0.268 e. The number of ether oxygens (including phenoxy) is 1. The quantitative estimate of drug-likeness (QED) is 0.769. The van der Waals surface area contributed by atoms with Crippen LogP contribution in [0.2, 0.25) is 0 Å². The molecule has 2 N–H and O–H groups in total. The first-order valence-electron chi connectivity index (χ1n) is 7.38. The highest BCUT2D eigenvalue weighted by molar-refractivity contribution is 7.90. The minimum absolute atomic E-state index is 0.0998. The van der Waals surface area contributed by atoms with Crippen molar-refractivity contribution in [3.8, 4) is 5.75 Å². The zero-order chi connectivity index (χ0) is 17.3. The maximum Gasteiger partial charge on any atom is 0.268 e. The molecule has 3 aromatic rings. The first kappa shape index (κ1) is 16.5. The van der Waals surface area contributed by atoms with E-state index in [2.05, 4.69) is 0 Å². The topological polar surface area (TPSA) is 74.3 Å². The number of nitrogens with two attached hydrogens (primary N) is 1. The van der Waals surface area contributed by atoms with Crippen molar-refractivity contribution in [2.45, 2.75) is 11.3 Å². The minimum atomic E-state index is -3.81. The van der Waals surface area contributed by atoms with Gasteiger partial charge in [-0.25, -0.2) is 16.8 Å². The van der Waals surface area contributed by atoms with E-state index < -0.39 is 15.8 Å². The number of rotatable bonds is 5. The standard InChI is InChI=1S/C17H17FN2O3S/c1-23-17-14(7-9-19)13-8-10-20(16(13)11-15(17)18)24(21,22)12-5-3-2-4-6-12/h2-6,8,10-11H,7,9,19H2,1H3. The van der Waals surface area contributed by atoms with E-state index in [-0.39, 0.29) is 16.2 Å². The summed E-state index contributed by atoms with van der Waals surface area (Å²) in [5, 5.41) is 0.609. The summed E-state index contributed by atoms with van der Waals surface area (Å²) >= 11 is 0. The van der Waals surface area contributed by atoms with Gasteiger partial charge in [0.05, 0.1) is 17.5 Å². The van der Waals surface area contributed by atoms with Crippen molar-refractivity contribution in [1.82, 2.24) is 3.97 Å². The maximum absolute atomic E-state index is 14.4. The molecule has 126 valence electrons. The van der Waals surface area contributed by atoms with Gasteiger partial charge in [-0.05, 0) is 31.2 Å². The summed E-state index contributed by atoms with van der Waals surface area (Å²) in [6, 6.07) is 10.8. The summed E-state index contributed by atoms with van der Waals surface area (Å²) in [5.74, 6) is -0.514. The normalized spacial score (nSPS) is 11.8. The van der Waals surface area contributed by atoms with Gasteiger partial charge in [0.1, 0.15) is 0 Å². The Hall–Kier alpha value is -2.38. The Morgan fingerprint density at radius 3 is 2.54 bits per heavy atom. The van der Waals surface area contributed by atoms with E-state index in [9.17, 15) is 12.8 Å². The minimum Gasteiger partial charge on any atom is -0.493 e. The molecule has 1 heterocycles. The molecule has 7 heteroatoms. The summed E-state index contributed by atoms with van der Waals surface area (Å²) in [6.45, 7) is 0.297. The average molecular weight is 348 g/mol. The number of benzene rings is 2. The van der Waals surface area contributed by atoms with E-state index in [1.54, 1.807) is 24.3 Å². The van der Waals surface area contributed by atoms with Crippen molar-refractivity contribution in [3.05, 3.63) is 60.0 Å². The molecule has 0 saturated heterocycles. The SMILES string of the molecule is COc1c(F)cc2c(ccn2S(=O)(=O)c2ccccc2)c1CCN. The lowest BCUT2D eigenvalue weighted by Gasteiger charge is -2.12. The molecule has 0 saturated carbocycles. The molecule has 2 aromatic carbocycles. The number of aromatic nitrogens is 1. The molecule has 0 atom stereocenters. The van der Waals surface area contributed by atoms with E-state index >= 15 is 0 Å². The van der Waals surface area contributed by atoms with Gasteiger partial charge in [-0.3, -0.25) is 0 Å². The van der Waals surface area contributed by atoms with Crippen molar-refractivity contribution in [1.29, 1.82) is 0 Å². The Morgan fingerprint density at radius 2 is 1.92 bits per heavy atom. The molecule has 3 rings (SSSR count). The number of hydrogen-bond donors (Lipinski definition) is 1. The predicted molar refractivity (Wildman–Crippen MR) is 90.2 cm³/mol. The van der Waals surface area contributed by atoms with Crippen LogP contribution in [-0.4, -0.2) is 26.0 Å². The van der Waals surface area contributed by atoms with Gasteiger partial charge in [0.15, 0.2) is 11.6 Å². The van der Waals surface area contributed by atoms with Crippen LogP contribution >= 0.6 is 0 Å². The van der Waals surface area contributed by atoms with Crippen LogP contribution in [0.5, 0.6) is 5.75 Å². The van der Waals surface area contributed by atoms with Gasteiger partial charge in [0, 0.05) is 23.2 Å². The van der Waals surface area contributed by atoms with Gasteiger partial charge in [-0.1, -0.05) is 18.2 Å². The fourth-order valence-electron chi connectivity index (χ4n) is 2.80. The third kappa shape index (κ3) is 2.55. The Labute approximate surface area is 139 Å². The molecule has 0 unspecified atom stereocenters. The highest BCUT2D eigenvalue weighted by Gasteiger charge is 2.22. The summed E-state index contributed by atoms with van der Waals surface area (Å²) in [6.07, 6.45) is 1.80. The molecule has 5 nitrogen and oxygen atoms in total. The Kier molecular flexibility index (Phi) is 4.29. The van der Waals surface area contributed by atoms with Crippen LogP contribution in [0.25, 0.3) is 10.9 Å². The van der Waals surface area contributed by atoms with Gasteiger partial charge in [0.2, 0.25) is 0 Å². The van der Waals surface area contributed by atoms with Crippen molar-refractivity contribution in [2.75, 3.05) is 13.7 Å². The number of nitrogens with zero attached hydrogens (tertiary/aromatic N) is 1. The van der Waals surface area contributed by atoms with Gasteiger partial charge >= 0.3 is 0 Å². The zero-order valence-corrected chi connectivity index (χ0v) is 13.9. The zero-order valence-electron chi connectivity index (χ0n) is 13.1. The molecule has 0 radical (unpaired) electrons. The number of halogens is 1. The lowest BCUT2D eigenvalue weighted by atomic mass is 10.1. The van der Waals surface area contributed by atoms with Crippen LogP contribution in [0.1, 0.15) is 5.56 Å². The Bertz CT molecular complexity index is 982. The summed E-state index contributed by atoms with van der Waals surface area (Å²) in [4.78, 5) is 0.138. The fourth-order valence-corrected chi connectivity index (χ4v) is 4.16. The average Bonchev–Trinajstić information content (AvgIpc) is 3.00. The third-order valence-corrected chi connectivity index (χ3v) is 5.57. The van der Waals surface area contributed by atoms with E-state index in [0.29, 0.717) is 23.9 Å². The van der Waals surface area contributed by atoms with Gasteiger partial charge in [-0.2, -0.15) is 0 Å². The fraction of sp³-hybridized carbons (Fsp3) is 0.176. The van der Waals surface area contributed by atoms with Crippen LogP contribution < -0.4 is 10.5 Å². The lowest BCUT2D eigenvalue weighted by molar-refractivity contribution is 0.382. The molecule has 0 amide bonds. The van der Waals surface area contributed by atoms with Gasteiger partial charge < -0.3 is 10.5 Å². The van der Waals surface area contributed by atoms with E-state index in [1.807, 2.05) is 0 Å². The summed E-state index contributed by atoms with van der Waals surface area (Å²) in [5.41, 5.74) is 6.44. The molecular formula is C17H17FN2O3S. The van der Waals surface area contributed by atoms with Crippen molar-refractivity contribution in [2.24, 2.45) is 5.73 Å². The van der Waals surface area contributed by atoms with E-state index in [0.717, 1.165) is 3.97 Å². The molecule has 0 fully saturated rings. The highest BCUT2D eigenvalue weighted by Crippen LogP contribution is 2.33. The van der Waals surface area contributed by atoms with Crippen LogP contribution in [-0.2, 0) is 16.4 Å². The van der Waals surface area contributed by atoms with Crippen LogP contribution in [0, 0.1) is 5.82 Å². The second kappa shape index (κ2) is 6.26. The first-order valence-corrected chi connectivity index (χ1v) is 8.82. The number of hydrogen-bond acceptors (Lipinski definition) is 4. The highest BCUT2D eigenvalue weighted by atomic mass is 32.2. The van der Waals surface area contributed by atoms with Crippen LogP contribution in [0.3, 0.4) is 0 Å². The number of methoxy groups -OCH3 is 1. The van der Waals surface area contributed by atoms with Crippen molar-refractivity contribution < 1.29 is 17.5 Å². The van der Waals surface area contributed by atoms with Crippen LogP contribution in [0.4, 0.5) is 4.39 Å². The molecule has 0 aliphatic heterocycles. The van der Waals surface area contributed by atoms with Crippen molar-refractivity contribution in [3.63, 3.8) is 0 Å². The van der Waals surface area contributed by atoms with Crippen LogP contribution in [0.15, 0.2) is 53.6 Å². The monoisotopic (exact) mass is 348 g/mol. The maximum atomic E-state index is 14.4. The molecule has 24 heavy (non-hydrogen) atoms. The molecule has 0 aliphatic rings. The molecule has 0 bridgehead atoms. The third-order valence-electron chi connectivity index (χ3n) is 3.87. The Balaban J connectivity index is 2.29. The predicted octanol–water partition coefficient (Wildman–Crippen LogP) is 2.53. The molecule has 0 spiro atoms. The number of fused-ring (bicyclic) bond motifs is 1. The summed E-state index contributed by atoms with van der Waals surface area (Å²) in [7, 11) is -2.44. The molecular weight excluding hydrogens is 331 g/mol. The molecule has 1 aromatic heterocycles. The van der Waals surface area contributed by atoms with Crippen molar-refractivity contribution >= 4 is 20.9 Å². The van der Waals surface area contributed by atoms with E-state index in [1.165, 1.54) is 31.5 Å².